The summed E-state index contributed by atoms with van der Waals surface area (Å²) in [5, 5.41) is 11.0. The normalized spacial score (nSPS) is 11.9. The number of hydrogen-bond acceptors (Lipinski definition) is 5. The number of aromatic nitrogens is 6. The molecule has 0 amide bonds. The predicted molar refractivity (Wildman–Crippen MR) is 79.3 cm³/mol. The first kappa shape index (κ1) is 16.0. The second-order valence-corrected chi connectivity index (χ2v) is 5.39. The van der Waals surface area contributed by atoms with E-state index in [-0.39, 0.29) is 23.3 Å². The van der Waals surface area contributed by atoms with Gasteiger partial charge >= 0.3 is 6.18 Å². The molecule has 0 saturated heterocycles. The summed E-state index contributed by atoms with van der Waals surface area (Å²) in [7, 11) is 0. The van der Waals surface area contributed by atoms with E-state index in [0.29, 0.717) is 5.56 Å². The van der Waals surface area contributed by atoms with Gasteiger partial charge in [0.25, 0.3) is 0 Å². The second-order valence-electron chi connectivity index (χ2n) is 5.39. The van der Waals surface area contributed by atoms with E-state index >= 15 is 0 Å². The molecule has 0 atom stereocenters. The summed E-state index contributed by atoms with van der Waals surface area (Å²) in [4.78, 5) is 7.70. The molecule has 0 aliphatic carbocycles. The van der Waals surface area contributed by atoms with Crippen LogP contribution in [0.4, 0.5) is 13.2 Å². The summed E-state index contributed by atoms with van der Waals surface area (Å²) in [5.41, 5.74) is -0.787. The van der Waals surface area contributed by atoms with E-state index < -0.39 is 11.9 Å². The Bertz CT molecular complexity index is 842. The van der Waals surface area contributed by atoms with Crippen LogP contribution in [0.1, 0.15) is 31.3 Å². The fraction of sp³-hybridized carbons (Fsp3) is 0.267. The molecule has 0 bridgehead atoms. The molecule has 24 heavy (non-hydrogen) atoms. The molecule has 0 fully saturated rings. The highest BCUT2D eigenvalue weighted by atomic mass is 19.4. The summed E-state index contributed by atoms with van der Waals surface area (Å²) in [5.74, 6) is 0.0602. The molecule has 3 rings (SSSR count). The third kappa shape index (κ3) is 2.97. The van der Waals surface area contributed by atoms with Crippen LogP contribution in [0.5, 0.6) is 0 Å². The van der Waals surface area contributed by atoms with E-state index in [0.717, 1.165) is 10.9 Å². The Morgan fingerprint density at radius 2 is 1.79 bits per heavy atom. The van der Waals surface area contributed by atoms with E-state index in [9.17, 15) is 13.2 Å². The van der Waals surface area contributed by atoms with Gasteiger partial charge in [0.15, 0.2) is 11.5 Å². The molecule has 0 aliphatic rings. The zero-order chi connectivity index (χ0) is 17.3. The Balaban J connectivity index is 2.19. The average Bonchev–Trinajstić information content (AvgIpc) is 3.03. The minimum absolute atomic E-state index is 0.111. The summed E-state index contributed by atoms with van der Waals surface area (Å²) in [6, 6.07) is 8.70. The Hall–Kier alpha value is -2.84. The van der Waals surface area contributed by atoms with Gasteiger partial charge in [0.1, 0.15) is 11.5 Å². The molecule has 2 heterocycles. The van der Waals surface area contributed by atoms with Crippen molar-refractivity contribution in [1.82, 2.24) is 30.2 Å². The summed E-state index contributed by atoms with van der Waals surface area (Å²) in [6.07, 6.45) is -3.55. The van der Waals surface area contributed by atoms with Crippen LogP contribution < -0.4 is 0 Å². The lowest BCUT2D eigenvalue weighted by atomic mass is 10.2. The summed E-state index contributed by atoms with van der Waals surface area (Å²) in [6.45, 7) is 3.45. The maximum absolute atomic E-state index is 13.4. The van der Waals surface area contributed by atoms with Gasteiger partial charge in [0.05, 0.1) is 6.20 Å². The largest absolute Gasteiger partial charge is 0.435 e. The van der Waals surface area contributed by atoms with Crippen LogP contribution in [0.25, 0.3) is 17.1 Å². The number of halogens is 3. The number of hydrogen-bond donors (Lipinski definition) is 0. The zero-order valence-electron chi connectivity index (χ0n) is 12.9. The zero-order valence-corrected chi connectivity index (χ0v) is 12.9. The molecule has 9 heteroatoms. The Kier molecular flexibility index (Phi) is 4.00. The van der Waals surface area contributed by atoms with Gasteiger partial charge in [-0.3, -0.25) is 0 Å². The fourth-order valence-corrected chi connectivity index (χ4v) is 2.15. The standard InChI is InChI=1S/C15H13F3N6/c1-9(2)13-19-8-11(12(20-13)15(16,17)18)24-14(21-22-23-24)10-6-4-3-5-7-10/h3-9H,1-2H3. The molecule has 0 spiro atoms. The molecule has 3 aromatic rings. The molecular formula is C15H13F3N6. The van der Waals surface area contributed by atoms with Crippen molar-refractivity contribution in [2.75, 3.05) is 0 Å². The van der Waals surface area contributed by atoms with Crippen molar-refractivity contribution in [3.05, 3.63) is 48.0 Å². The Morgan fingerprint density at radius 1 is 1.08 bits per heavy atom. The van der Waals surface area contributed by atoms with Gasteiger partial charge in [-0.15, -0.1) is 5.10 Å². The van der Waals surface area contributed by atoms with Crippen molar-refractivity contribution in [3.63, 3.8) is 0 Å². The molecule has 0 saturated carbocycles. The van der Waals surface area contributed by atoms with E-state index in [1.165, 1.54) is 0 Å². The summed E-state index contributed by atoms with van der Waals surface area (Å²) < 4.78 is 41.3. The molecule has 0 N–H and O–H groups in total. The SMILES string of the molecule is CC(C)c1ncc(-n2nnnc2-c2ccccc2)c(C(F)(F)F)n1. The van der Waals surface area contributed by atoms with Crippen molar-refractivity contribution >= 4 is 0 Å². The van der Waals surface area contributed by atoms with Gasteiger partial charge in [-0.2, -0.15) is 17.9 Å². The topological polar surface area (TPSA) is 69.4 Å². The highest BCUT2D eigenvalue weighted by molar-refractivity contribution is 5.57. The van der Waals surface area contributed by atoms with Crippen molar-refractivity contribution in [3.8, 4) is 17.1 Å². The number of benzene rings is 1. The minimum atomic E-state index is -4.65. The van der Waals surface area contributed by atoms with E-state index in [2.05, 4.69) is 25.5 Å². The number of alkyl halides is 3. The molecule has 1 aromatic carbocycles. The quantitative estimate of drug-likeness (QED) is 0.735. The van der Waals surface area contributed by atoms with E-state index in [1.54, 1.807) is 44.2 Å². The first-order valence-electron chi connectivity index (χ1n) is 7.16. The number of rotatable bonds is 3. The maximum atomic E-state index is 13.4. The maximum Gasteiger partial charge on any atom is 0.435 e. The molecule has 0 unspecified atom stereocenters. The lowest BCUT2D eigenvalue weighted by Gasteiger charge is -2.14. The van der Waals surface area contributed by atoms with Crippen LogP contribution in [0, 0.1) is 0 Å². The smallest absolute Gasteiger partial charge is 0.239 e. The predicted octanol–water partition coefficient (Wildman–Crippen LogP) is 3.26. The molecule has 124 valence electrons. The third-order valence-corrected chi connectivity index (χ3v) is 3.30. The van der Waals surface area contributed by atoms with Crippen molar-refractivity contribution in [2.45, 2.75) is 25.9 Å². The lowest BCUT2D eigenvalue weighted by Crippen LogP contribution is -2.17. The van der Waals surface area contributed by atoms with E-state index in [4.69, 9.17) is 0 Å². The fourth-order valence-electron chi connectivity index (χ4n) is 2.15. The monoisotopic (exact) mass is 334 g/mol. The van der Waals surface area contributed by atoms with Gasteiger partial charge < -0.3 is 0 Å². The van der Waals surface area contributed by atoms with Gasteiger partial charge in [-0.1, -0.05) is 44.2 Å². The van der Waals surface area contributed by atoms with E-state index in [1.807, 2.05) is 0 Å². The Morgan fingerprint density at radius 3 is 2.42 bits per heavy atom. The Labute approximate surface area is 135 Å². The first-order chi connectivity index (χ1) is 11.4. The average molecular weight is 334 g/mol. The van der Waals surface area contributed by atoms with Crippen LogP contribution in [0.2, 0.25) is 0 Å². The molecular weight excluding hydrogens is 321 g/mol. The third-order valence-electron chi connectivity index (χ3n) is 3.30. The molecule has 0 aliphatic heterocycles. The van der Waals surface area contributed by atoms with Gasteiger partial charge in [-0.05, 0) is 10.4 Å². The van der Waals surface area contributed by atoms with Crippen molar-refractivity contribution < 1.29 is 13.2 Å². The van der Waals surface area contributed by atoms with Crippen LogP contribution in [-0.4, -0.2) is 30.2 Å². The van der Waals surface area contributed by atoms with Gasteiger partial charge in [-0.25, -0.2) is 9.97 Å². The van der Waals surface area contributed by atoms with Crippen molar-refractivity contribution in [2.24, 2.45) is 0 Å². The van der Waals surface area contributed by atoms with Crippen LogP contribution in [0.3, 0.4) is 0 Å². The first-order valence-corrected chi connectivity index (χ1v) is 7.16. The summed E-state index contributed by atoms with van der Waals surface area (Å²) >= 11 is 0. The van der Waals surface area contributed by atoms with Crippen LogP contribution in [-0.2, 0) is 6.18 Å². The van der Waals surface area contributed by atoms with Gasteiger partial charge in [0.2, 0.25) is 0 Å². The molecule has 2 aromatic heterocycles. The van der Waals surface area contributed by atoms with Crippen LogP contribution >= 0.6 is 0 Å². The minimum Gasteiger partial charge on any atom is -0.239 e. The highest BCUT2D eigenvalue weighted by Crippen LogP contribution is 2.33. The number of tetrazole rings is 1. The lowest BCUT2D eigenvalue weighted by molar-refractivity contribution is -0.141. The molecule has 0 radical (unpaired) electrons. The molecule has 6 nitrogen and oxygen atoms in total. The second kappa shape index (κ2) is 5.99. The van der Waals surface area contributed by atoms with Crippen LogP contribution in [0.15, 0.2) is 36.5 Å². The van der Waals surface area contributed by atoms with Gasteiger partial charge in [0, 0.05) is 11.5 Å². The highest BCUT2D eigenvalue weighted by Gasteiger charge is 2.38. The number of nitrogens with zero attached hydrogens (tertiary/aromatic N) is 6. The van der Waals surface area contributed by atoms with Crippen molar-refractivity contribution in [1.29, 1.82) is 0 Å².